The van der Waals surface area contributed by atoms with Gasteiger partial charge in [-0.3, -0.25) is 0 Å². The van der Waals surface area contributed by atoms with Gasteiger partial charge in [0.15, 0.2) is 0 Å². The molecular formula is C7H13IO2. The molecule has 2 nitrogen and oxygen atoms in total. The highest BCUT2D eigenvalue weighted by molar-refractivity contribution is 14.1. The highest BCUT2D eigenvalue weighted by Crippen LogP contribution is 1.87. The molecule has 0 rings (SSSR count). The third-order valence-electron chi connectivity index (χ3n) is 0.890. The van der Waals surface area contributed by atoms with E-state index in [1.165, 1.54) is 6.26 Å². The lowest BCUT2D eigenvalue weighted by Gasteiger charge is -2.00. The smallest absolute Gasteiger partial charge is 0.0895 e. The Morgan fingerprint density at radius 1 is 1.30 bits per heavy atom. The van der Waals surface area contributed by atoms with E-state index >= 15 is 0 Å². The Kier molecular flexibility index (Phi) is 9.44. The van der Waals surface area contributed by atoms with Crippen LogP contribution in [0.15, 0.2) is 12.8 Å². The fourth-order valence-corrected chi connectivity index (χ4v) is 0.796. The van der Waals surface area contributed by atoms with Gasteiger partial charge in [-0.15, -0.1) is 0 Å². The summed E-state index contributed by atoms with van der Waals surface area (Å²) in [5.41, 5.74) is 0. The lowest BCUT2D eigenvalue weighted by Crippen LogP contribution is -2.00. The molecular weight excluding hydrogens is 243 g/mol. The zero-order valence-electron chi connectivity index (χ0n) is 6.01. The normalized spacial score (nSPS) is 9.30. The molecule has 0 saturated carbocycles. The van der Waals surface area contributed by atoms with Gasteiger partial charge in [-0.2, -0.15) is 0 Å². The summed E-state index contributed by atoms with van der Waals surface area (Å²) in [5, 5.41) is 0. The summed E-state index contributed by atoms with van der Waals surface area (Å²) in [4.78, 5) is 0. The first-order valence-corrected chi connectivity index (χ1v) is 4.80. The molecule has 0 atom stereocenters. The molecule has 0 aromatic carbocycles. The highest BCUT2D eigenvalue weighted by atomic mass is 127. The van der Waals surface area contributed by atoms with Crippen molar-refractivity contribution in [3.05, 3.63) is 12.8 Å². The standard InChI is InChI=1S/C7H13IO2/c1-2-9-5-3-6-10-7-4-8/h2H,1,3-7H2. The van der Waals surface area contributed by atoms with Gasteiger partial charge in [-0.1, -0.05) is 29.2 Å². The number of hydrogen-bond acceptors (Lipinski definition) is 2. The van der Waals surface area contributed by atoms with Gasteiger partial charge in [0.2, 0.25) is 0 Å². The Bertz CT molecular complexity index is 76.0. The first kappa shape index (κ1) is 10.2. The molecule has 0 aromatic heterocycles. The van der Waals surface area contributed by atoms with Crippen molar-refractivity contribution < 1.29 is 9.47 Å². The van der Waals surface area contributed by atoms with Crippen LogP contribution in [0.3, 0.4) is 0 Å². The van der Waals surface area contributed by atoms with Crippen LogP contribution in [0.2, 0.25) is 0 Å². The molecule has 0 N–H and O–H groups in total. The summed E-state index contributed by atoms with van der Waals surface area (Å²) < 4.78 is 11.2. The fourth-order valence-electron chi connectivity index (χ4n) is 0.484. The van der Waals surface area contributed by atoms with Crippen LogP contribution in [-0.4, -0.2) is 24.2 Å². The van der Waals surface area contributed by atoms with Gasteiger partial charge in [0.25, 0.3) is 0 Å². The summed E-state index contributed by atoms with van der Waals surface area (Å²) >= 11 is 2.28. The second-order valence-electron chi connectivity index (χ2n) is 1.69. The molecule has 0 heterocycles. The van der Waals surface area contributed by atoms with E-state index in [0.717, 1.165) is 24.1 Å². The molecule has 0 saturated heterocycles. The predicted octanol–water partition coefficient (Wildman–Crippen LogP) is 1.99. The molecule has 0 aliphatic rings. The van der Waals surface area contributed by atoms with Gasteiger partial charge in [0.05, 0.1) is 19.5 Å². The topological polar surface area (TPSA) is 18.5 Å². The van der Waals surface area contributed by atoms with Crippen LogP contribution in [0, 0.1) is 0 Å². The van der Waals surface area contributed by atoms with Crippen LogP contribution in [0.4, 0.5) is 0 Å². The van der Waals surface area contributed by atoms with E-state index in [1.54, 1.807) is 0 Å². The summed E-state index contributed by atoms with van der Waals surface area (Å²) in [6.07, 6.45) is 2.40. The van der Waals surface area contributed by atoms with E-state index in [1.807, 2.05) is 0 Å². The lowest BCUT2D eigenvalue weighted by molar-refractivity contribution is 0.125. The minimum atomic E-state index is 0.713. The predicted molar refractivity (Wildman–Crippen MR) is 50.5 cm³/mol. The third kappa shape index (κ3) is 8.23. The zero-order chi connectivity index (χ0) is 7.66. The number of halogens is 1. The van der Waals surface area contributed by atoms with Crippen molar-refractivity contribution >= 4 is 22.6 Å². The van der Waals surface area contributed by atoms with Gasteiger partial charge in [-0.25, -0.2) is 0 Å². The Labute approximate surface area is 75.7 Å². The van der Waals surface area contributed by atoms with Crippen molar-refractivity contribution in [1.29, 1.82) is 0 Å². The maximum absolute atomic E-state index is 5.21. The average molecular weight is 256 g/mol. The molecule has 0 fully saturated rings. The zero-order valence-corrected chi connectivity index (χ0v) is 8.17. The second kappa shape index (κ2) is 9.23. The van der Waals surface area contributed by atoms with Gasteiger partial charge in [0.1, 0.15) is 0 Å². The Morgan fingerprint density at radius 2 is 2.10 bits per heavy atom. The number of hydrogen-bond donors (Lipinski definition) is 0. The molecule has 0 radical (unpaired) electrons. The van der Waals surface area contributed by atoms with Gasteiger partial charge >= 0.3 is 0 Å². The van der Waals surface area contributed by atoms with E-state index in [2.05, 4.69) is 29.2 Å². The first-order valence-electron chi connectivity index (χ1n) is 3.28. The monoisotopic (exact) mass is 256 g/mol. The van der Waals surface area contributed by atoms with E-state index in [9.17, 15) is 0 Å². The third-order valence-corrected chi connectivity index (χ3v) is 1.33. The minimum absolute atomic E-state index is 0.713. The van der Waals surface area contributed by atoms with Crippen molar-refractivity contribution in [2.24, 2.45) is 0 Å². The number of alkyl halides is 1. The van der Waals surface area contributed by atoms with E-state index in [-0.39, 0.29) is 0 Å². The number of rotatable bonds is 7. The summed E-state index contributed by atoms with van der Waals surface area (Å²) in [7, 11) is 0. The average Bonchev–Trinajstić information content (AvgIpc) is 1.97. The van der Waals surface area contributed by atoms with Crippen LogP contribution in [0.1, 0.15) is 6.42 Å². The van der Waals surface area contributed by atoms with Crippen LogP contribution < -0.4 is 0 Å². The molecule has 3 heteroatoms. The van der Waals surface area contributed by atoms with Gasteiger partial charge in [-0.05, 0) is 0 Å². The maximum Gasteiger partial charge on any atom is 0.0895 e. The first-order chi connectivity index (χ1) is 4.91. The quantitative estimate of drug-likeness (QED) is 0.300. The summed E-state index contributed by atoms with van der Waals surface area (Å²) in [6.45, 7) is 5.77. The minimum Gasteiger partial charge on any atom is -0.502 e. The van der Waals surface area contributed by atoms with E-state index in [4.69, 9.17) is 9.47 Å². The van der Waals surface area contributed by atoms with E-state index < -0.39 is 0 Å². The van der Waals surface area contributed by atoms with Crippen molar-refractivity contribution in [2.45, 2.75) is 6.42 Å². The Hall–Kier alpha value is 0.230. The molecule has 0 aliphatic carbocycles. The molecule has 10 heavy (non-hydrogen) atoms. The second-order valence-corrected chi connectivity index (χ2v) is 2.77. The van der Waals surface area contributed by atoms with Crippen molar-refractivity contribution in [1.82, 2.24) is 0 Å². The Morgan fingerprint density at radius 3 is 2.70 bits per heavy atom. The lowest BCUT2D eigenvalue weighted by atomic mass is 10.5. The summed E-state index contributed by atoms with van der Waals surface area (Å²) in [6, 6.07) is 0. The fraction of sp³-hybridized carbons (Fsp3) is 0.714. The molecule has 0 amide bonds. The highest BCUT2D eigenvalue weighted by Gasteiger charge is 1.86. The van der Waals surface area contributed by atoms with Gasteiger partial charge < -0.3 is 9.47 Å². The number of ether oxygens (including phenoxy) is 2. The van der Waals surface area contributed by atoms with Crippen LogP contribution in [0.25, 0.3) is 0 Å². The molecule has 0 aromatic rings. The Balaban J connectivity index is 2.70. The molecule has 0 unspecified atom stereocenters. The van der Waals surface area contributed by atoms with Crippen molar-refractivity contribution in [3.8, 4) is 0 Å². The van der Waals surface area contributed by atoms with Gasteiger partial charge in [0, 0.05) is 17.5 Å². The van der Waals surface area contributed by atoms with E-state index in [0.29, 0.717) is 6.61 Å². The molecule has 60 valence electrons. The molecule has 0 bridgehead atoms. The van der Waals surface area contributed by atoms with Crippen LogP contribution in [0.5, 0.6) is 0 Å². The van der Waals surface area contributed by atoms with Crippen LogP contribution in [-0.2, 0) is 9.47 Å². The largest absolute Gasteiger partial charge is 0.502 e. The van der Waals surface area contributed by atoms with Crippen molar-refractivity contribution in [3.63, 3.8) is 0 Å². The molecule has 0 aliphatic heterocycles. The SMILES string of the molecule is C=COCCCOCCI. The summed E-state index contributed by atoms with van der Waals surface area (Å²) in [5.74, 6) is 0. The molecule has 0 spiro atoms. The van der Waals surface area contributed by atoms with Crippen LogP contribution >= 0.6 is 22.6 Å². The maximum atomic E-state index is 5.21. The van der Waals surface area contributed by atoms with Crippen molar-refractivity contribution in [2.75, 3.05) is 24.2 Å².